The maximum absolute atomic E-state index is 14.5. The van der Waals surface area contributed by atoms with Crippen molar-refractivity contribution in [1.29, 1.82) is 0 Å². The van der Waals surface area contributed by atoms with Crippen molar-refractivity contribution in [2.45, 2.75) is 37.5 Å². The lowest BCUT2D eigenvalue weighted by Crippen LogP contribution is -2.53. The number of imide groups is 2. The van der Waals surface area contributed by atoms with Gasteiger partial charge in [-0.15, -0.1) is 0 Å². The lowest BCUT2D eigenvalue weighted by molar-refractivity contribution is -0.148. The summed E-state index contributed by atoms with van der Waals surface area (Å²) >= 11 is 0. The number of benzene rings is 4. The van der Waals surface area contributed by atoms with E-state index in [-0.39, 0.29) is 24.2 Å². The molecule has 4 aromatic carbocycles. The standard InChI is InChI=1S/C40H26F12N4O4/c41-37(42,43)25-11-15(53)1-5-19(25)21-7-3-17(13-27(21)39(47,48)49)55-33(57)29-23-9-10-24(30(29)34(55)58)32-31(23)35(59)56(36(32)60)18-4-8-22(28(14-18)40(50,51)52)20-6-2-16(54)12-26(20)38(44,45)46/h1-8,11-14,23-24,29-32H,9-10,53-54H2. The summed E-state index contributed by atoms with van der Waals surface area (Å²) in [6.45, 7) is 0. The molecule has 4 atom stereocenters. The molecule has 314 valence electrons. The van der Waals surface area contributed by atoms with Gasteiger partial charge in [0, 0.05) is 11.4 Å². The summed E-state index contributed by atoms with van der Waals surface area (Å²) in [6.07, 6.45) is -20.8. The molecule has 5 aliphatic rings. The Hall–Kier alpha value is -6.08. The number of rotatable bonds is 4. The van der Waals surface area contributed by atoms with Crippen molar-refractivity contribution in [2.75, 3.05) is 21.3 Å². The fourth-order valence-electron chi connectivity index (χ4n) is 9.63. The van der Waals surface area contributed by atoms with Gasteiger partial charge in [-0.05, 0) is 95.5 Å². The summed E-state index contributed by atoms with van der Waals surface area (Å²) in [4.78, 5) is 57.3. The summed E-state index contributed by atoms with van der Waals surface area (Å²) in [6, 6.07) is 8.11. The van der Waals surface area contributed by atoms with E-state index in [1.54, 1.807) is 0 Å². The number of carbonyl (C=O) groups excluding carboxylic acids is 4. The van der Waals surface area contributed by atoms with E-state index >= 15 is 0 Å². The van der Waals surface area contributed by atoms with Crippen molar-refractivity contribution in [2.24, 2.45) is 35.5 Å². The van der Waals surface area contributed by atoms with Crippen molar-refractivity contribution < 1.29 is 71.9 Å². The highest BCUT2D eigenvalue weighted by Gasteiger charge is 2.70. The Balaban J connectivity index is 1.15. The molecule has 0 radical (unpaired) electrons. The van der Waals surface area contributed by atoms with E-state index in [4.69, 9.17) is 11.5 Å². The number of hydrogen-bond acceptors (Lipinski definition) is 6. The smallest absolute Gasteiger partial charge is 0.399 e. The molecule has 0 spiro atoms. The molecule has 20 heteroatoms. The molecule has 3 aliphatic carbocycles. The zero-order chi connectivity index (χ0) is 43.8. The first-order valence-electron chi connectivity index (χ1n) is 17.9. The number of nitrogen functional groups attached to an aromatic ring is 2. The molecule has 2 aliphatic heterocycles. The Morgan fingerprint density at radius 2 is 0.650 bits per heavy atom. The Bertz CT molecular complexity index is 2310. The predicted molar refractivity (Wildman–Crippen MR) is 188 cm³/mol. The van der Waals surface area contributed by atoms with Gasteiger partial charge in [-0.2, -0.15) is 52.7 Å². The second-order valence-corrected chi connectivity index (χ2v) is 15.1. The van der Waals surface area contributed by atoms with Crippen LogP contribution in [0.5, 0.6) is 0 Å². The Morgan fingerprint density at radius 1 is 0.400 bits per heavy atom. The lowest BCUT2D eigenvalue weighted by atomic mass is 9.51. The van der Waals surface area contributed by atoms with E-state index in [0.29, 0.717) is 46.2 Å². The molecule has 3 saturated carbocycles. The SMILES string of the molecule is Nc1ccc(-c2ccc(N3C(=O)C4C5CCC(C4C3=O)C3C(=O)N(c4ccc(-c6ccc(N)cc6C(F)(F)F)c(C(F)(F)F)c4)C(=O)C53)cc2C(F)(F)F)c(C(F)(F)F)c1. The van der Waals surface area contributed by atoms with E-state index in [1.165, 1.54) is 0 Å². The normalized spacial score (nSPS) is 24.4. The third kappa shape index (κ3) is 6.24. The minimum Gasteiger partial charge on any atom is -0.399 e. The molecule has 4 aromatic rings. The van der Waals surface area contributed by atoms with Crippen LogP contribution < -0.4 is 21.3 Å². The summed E-state index contributed by atoms with van der Waals surface area (Å²) in [7, 11) is 0. The van der Waals surface area contributed by atoms with E-state index in [0.717, 1.165) is 36.4 Å². The third-order valence-electron chi connectivity index (χ3n) is 11.9. The first-order valence-corrected chi connectivity index (χ1v) is 17.9. The molecule has 4 N–H and O–H groups in total. The van der Waals surface area contributed by atoms with Crippen molar-refractivity contribution in [3.05, 3.63) is 95.1 Å². The predicted octanol–water partition coefficient (Wildman–Crippen LogP) is 9.21. The van der Waals surface area contributed by atoms with Crippen LogP contribution in [-0.2, 0) is 43.9 Å². The van der Waals surface area contributed by atoms with Crippen LogP contribution in [0, 0.1) is 35.5 Å². The van der Waals surface area contributed by atoms with Crippen LogP contribution in [0.2, 0.25) is 0 Å². The van der Waals surface area contributed by atoms with Gasteiger partial charge in [-0.25, -0.2) is 0 Å². The van der Waals surface area contributed by atoms with Crippen LogP contribution in [0.15, 0.2) is 72.8 Å². The number of alkyl halides is 12. The average molecular weight is 855 g/mol. The van der Waals surface area contributed by atoms with Crippen molar-refractivity contribution in [1.82, 2.24) is 0 Å². The summed E-state index contributed by atoms with van der Waals surface area (Å²) in [5.74, 6) is -11.8. The quantitative estimate of drug-likeness (QED) is 0.120. The highest BCUT2D eigenvalue weighted by atomic mass is 19.4. The largest absolute Gasteiger partial charge is 0.417 e. The fraction of sp³-hybridized carbons (Fsp3) is 0.300. The van der Waals surface area contributed by atoms with Gasteiger partial charge in [-0.3, -0.25) is 29.0 Å². The second-order valence-electron chi connectivity index (χ2n) is 15.1. The molecular formula is C40H26F12N4O4. The van der Waals surface area contributed by atoms with E-state index in [1.807, 2.05) is 0 Å². The molecule has 4 amide bonds. The zero-order valence-corrected chi connectivity index (χ0v) is 30.0. The maximum Gasteiger partial charge on any atom is 0.417 e. The molecule has 8 nitrogen and oxygen atoms in total. The van der Waals surface area contributed by atoms with Gasteiger partial charge >= 0.3 is 24.7 Å². The number of amides is 4. The van der Waals surface area contributed by atoms with Gasteiger partial charge in [0.25, 0.3) is 0 Å². The topological polar surface area (TPSA) is 127 Å². The third-order valence-corrected chi connectivity index (χ3v) is 11.9. The van der Waals surface area contributed by atoms with Crippen molar-refractivity contribution in [3.63, 3.8) is 0 Å². The average Bonchev–Trinajstić information content (AvgIpc) is 3.59. The molecule has 2 heterocycles. The number of nitrogens with two attached hydrogens (primary N) is 2. The first-order chi connectivity index (χ1) is 27.8. The molecule has 2 saturated heterocycles. The second kappa shape index (κ2) is 13.2. The zero-order valence-electron chi connectivity index (χ0n) is 30.0. The monoisotopic (exact) mass is 854 g/mol. The highest BCUT2D eigenvalue weighted by molar-refractivity contribution is 6.26. The fourth-order valence-corrected chi connectivity index (χ4v) is 9.63. The van der Waals surface area contributed by atoms with Gasteiger partial charge in [0.2, 0.25) is 23.6 Å². The van der Waals surface area contributed by atoms with Crippen LogP contribution in [-0.4, -0.2) is 23.6 Å². The molecule has 5 fully saturated rings. The van der Waals surface area contributed by atoms with E-state index < -0.39 is 140 Å². The van der Waals surface area contributed by atoms with Crippen LogP contribution in [0.3, 0.4) is 0 Å². The Morgan fingerprint density at radius 3 is 0.917 bits per heavy atom. The van der Waals surface area contributed by atoms with Crippen LogP contribution >= 0.6 is 0 Å². The minimum absolute atomic E-state index is 0.0565. The Labute approximate surface area is 329 Å². The maximum atomic E-state index is 14.5. The molecule has 0 aromatic heterocycles. The molecular weight excluding hydrogens is 828 g/mol. The van der Waals surface area contributed by atoms with Crippen LogP contribution in [0.1, 0.15) is 35.1 Å². The van der Waals surface area contributed by atoms with Gasteiger partial charge in [-0.1, -0.05) is 24.3 Å². The number of fused-ring (bicyclic) bond motifs is 1. The lowest BCUT2D eigenvalue weighted by Gasteiger charge is -2.48. The molecule has 9 rings (SSSR count). The minimum atomic E-state index is -5.31. The highest BCUT2D eigenvalue weighted by Crippen LogP contribution is 2.62. The number of halogens is 12. The number of carbonyl (C=O) groups is 4. The van der Waals surface area contributed by atoms with E-state index in [9.17, 15) is 71.9 Å². The molecule has 60 heavy (non-hydrogen) atoms. The van der Waals surface area contributed by atoms with Gasteiger partial charge < -0.3 is 11.5 Å². The van der Waals surface area contributed by atoms with Crippen LogP contribution in [0.25, 0.3) is 22.3 Å². The summed E-state index contributed by atoms with van der Waals surface area (Å²) in [5, 5.41) is 0. The van der Waals surface area contributed by atoms with Crippen LogP contribution in [0.4, 0.5) is 75.4 Å². The van der Waals surface area contributed by atoms with E-state index in [2.05, 4.69) is 0 Å². The van der Waals surface area contributed by atoms with Crippen molar-refractivity contribution in [3.8, 4) is 22.3 Å². The van der Waals surface area contributed by atoms with Crippen molar-refractivity contribution >= 4 is 46.4 Å². The number of anilines is 4. The summed E-state index contributed by atoms with van der Waals surface area (Å²) < 4.78 is 171. The molecule has 4 unspecified atom stereocenters. The summed E-state index contributed by atoms with van der Waals surface area (Å²) in [5.41, 5.74) is -0.924. The first kappa shape index (κ1) is 40.7. The molecule has 2 bridgehead atoms. The van der Waals surface area contributed by atoms with Gasteiger partial charge in [0.1, 0.15) is 0 Å². The Kier molecular flexibility index (Phi) is 8.96. The number of nitrogens with zero attached hydrogens (tertiary/aromatic N) is 2. The van der Waals surface area contributed by atoms with Gasteiger partial charge in [0.15, 0.2) is 0 Å². The van der Waals surface area contributed by atoms with Gasteiger partial charge in [0.05, 0.1) is 57.3 Å². The number of hydrogen-bond donors (Lipinski definition) is 2.